The highest BCUT2D eigenvalue weighted by Crippen LogP contribution is 2.30. The molecule has 0 saturated heterocycles. The topological polar surface area (TPSA) is 62.3 Å². The normalized spacial score (nSPS) is 10.9. The number of ether oxygens (including phenoxy) is 2. The van der Waals surface area contributed by atoms with Crippen molar-refractivity contribution in [1.29, 1.82) is 0 Å². The number of benzene rings is 2. The summed E-state index contributed by atoms with van der Waals surface area (Å²) >= 11 is 1.61. The highest BCUT2D eigenvalue weighted by molar-refractivity contribution is 7.99. The minimum atomic E-state index is 0.556. The van der Waals surface area contributed by atoms with E-state index in [1.807, 2.05) is 74.5 Å². The number of nitrogens with zero attached hydrogens (tertiary/aromatic N) is 3. The van der Waals surface area contributed by atoms with Crippen LogP contribution in [0.25, 0.3) is 17.1 Å². The summed E-state index contributed by atoms with van der Waals surface area (Å²) in [6.45, 7) is 5.10. The molecule has 0 aliphatic carbocycles. The summed E-state index contributed by atoms with van der Waals surface area (Å²) in [4.78, 5) is 0. The highest BCUT2D eigenvalue weighted by atomic mass is 32.2. The molecule has 0 bridgehead atoms. The fourth-order valence-electron chi connectivity index (χ4n) is 3.06. The molecule has 2 aromatic carbocycles. The lowest BCUT2D eigenvalue weighted by Crippen LogP contribution is -2.03. The van der Waals surface area contributed by atoms with E-state index in [9.17, 15) is 0 Å². The van der Waals surface area contributed by atoms with Gasteiger partial charge in [-0.15, -0.1) is 10.2 Å². The van der Waals surface area contributed by atoms with Gasteiger partial charge in [0.25, 0.3) is 0 Å². The van der Waals surface area contributed by atoms with E-state index in [-0.39, 0.29) is 0 Å². The Labute approximate surface area is 179 Å². The van der Waals surface area contributed by atoms with Crippen molar-refractivity contribution in [2.75, 3.05) is 19.0 Å². The summed E-state index contributed by atoms with van der Waals surface area (Å²) in [5, 5.41) is 9.68. The van der Waals surface area contributed by atoms with Crippen LogP contribution in [0.3, 0.4) is 0 Å². The average Bonchev–Trinajstić information content (AvgIpc) is 3.39. The van der Waals surface area contributed by atoms with Crippen molar-refractivity contribution in [1.82, 2.24) is 14.8 Å². The summed E-state index contributed by atoms with van der Waals surface area (Å²) in [6, 6.07) is 19.7. The van der Waals surface area contributed by atoms with E-state index in [0.717, 1.165) is 45.2 Å². The van der Waals surface area contributed by atoms with Crippen molar-refractivity contribution >= 4 is 11.8 Å². The Bertz CT molecular complexity index is 1070. The minimum absolute atomic E-state index is 0.556. The maximum Gasteiger partial charge on any atom is 0.196 e. The van der Waals surface area contributed by atoms with Gasteiger partial charge in [0.2, 0.25) is 0 Å². The molecule has 0 radical (unpaired) electrons. The number of rotatable bonds is 9. The van der Waals surface area contributed by atoms with Gasteiger partial charge in [-0.1, -0.05) is 30.0 Å². The second kappa shape index (κ2) is 9.54. The Morgan fingerprint density at radius 3 is 2.33 bits per heavy atom. The molecule has 0 amide bonds. The Kier molecular flexibility index (Phi) is 6.39. The first-order valence-electron chi connectivity index (χ1n) is 9.80. The van der Waals surface area contributed by atoms with Crippen LogP contribution in [0.15, 0.2) is 76.5 Å². The van der Waals surface area contributed by atoms with Crippen LogP contribution < -0.4 is 9.47 Å². The standard InChI is InChI=1S/C23H23N3O3S/c1-3-27-19-9-11-20(12-10-19)29-15-16-30-23-25-24-22(21-13-14-28-17(21)2)26(23)18-7-5-4-6-8-18/h4-14H,3,15-16H2,1-2H3. The molecular formula is C23H23N3O3S. The molecule has 0 N–H and O–H groups in total. The van der Waals surface area contributed by atoms with Crippen molar-refractivity contribution < 1.29 is 13.9 Å². The summed E-state index contributed by atoms with van der Waals surface area (Å²) in [6.07, 6.45) is 1.67. The largest absolute Gasteiger partial charge is 0.494 e. The summed E-state index contributed by atoms with van der Waals surface area (Å²) in [5.41, 5.74) is 1.94. The number of aryl methyl sites for hydroxylation is 1. The fraction of sp³-hybridized carbons (Fsp3) is 0.217. The van der Waals surface area contributed by atoms with Crippen LogP contribution in [0.4, 0.5) is 0 Å². The van der Waals surface area contributed by atoms with E-state index < -0.39 is 0 Å². The van der Waals surface area contributed by atoms with Gasteiger partial charge in [0.15, 0.2) is 11.0 Å². The Morgan fingerprint density at radius 1 is 0.933 bits per heavy atom. The molecule has 0 aliphatic rings. The van der Waals surface area contributed by atoms with E-state index in [1.165, 1.54) is 0 Å². The van der Waals surface area contributed by atoms with Crippen molar-refractivity contribution in [2.45, 2.75) is 19.0 Å². The summed E-state index contributed by atoms with van der Waals surface area (Å²) in [5.74, 6) is 3.98. The monoisotopic (exact) mass is 421 g/mol. The first-order chi connectivity index (χ1) is 14.8. The molecule has 30 heavy (non-hydrogen) atoms. The van der Waals surface area contributed by atoms with E-state index in [2.05, 4.69) is 14.8 Å². The third-order valence-electron chi connectivity index (χ3n) is 4.47. The lowest BCUT2D eigenvalue weighted by molar-refractivity contribution is 0.332. The van der Waals surface area contributed by atoms with Crippen LogP contribution in [-0.2, 0) is 0 Å². The quantitative estimate of drug-likeness (QED) is 0.266. The highest BCUT2D eigenvalue weighted by Gasteiger charge is 2.18. The van der Waals surface area contributed by atoms with E-state index in [1.54, 1.807) is 18.0 Å². The molecule has 0 fully saturated rings. The van der Waals surface area contributed by atoms with E-state index in [0.29, 0.717) is 13.2 Å². The zero-order valence-electron chi connectivity index (χ0n) is 16.9. The van der Waals surface area contributed by atoms with E-state index in [4.69, 9.17) is 13.9 Å². The van der Waals surface area contributed by atoms with Gasteiger partial charge in [0.05, 0.1) is 25.0 Å². The molecule has 2 heterocycles. The van der Waals surface area contributed by atoms with Gasteiger partial charge in [-0.2, -0.15) is 0 Å². The summed E-state index contributed by atoms with van der Waals surface area (Å²) in [7, 11) is 0. The fourth-order valence-corrected chi connectivity index (χ4v) is 3.82. The SMILES string of the molecule is CCOc1ccc(OCCSc2nnc(-c3ccoc3C)n2-c2ccccc2)cc1. The van der Waals surface area contributed by atoms with Crippen LogP contribution in [-0.4, -0.2) is 33.7 Å². The zero-order chi connectivity index (χ0) is 20.8. The second-order valence-corrected chi connectivity index (χ2v) is 7.53. The summed E-state index contributed by atoms with van der Waals surface area (Å²) < 4.78 is 18.8. The van der Waals surface area contributed by atoms with E-state index >= 15 is 0 Å². The maximum absolute atomic E-state index is 5.86. The van der Waals surface area contributed by atoms with Crippen LogP contribution in [0.5, 0.6) is 11.5 Å². The molecule has 2 aromatic heterocycles. The van der Waals surface area contributed by atoms with Crippen LogP contribution in [0, 0.1) is 6.92 Å². The molecule has 4 aromatic rings. The smallest absolute Gasteiger partial charge is 0.196 e. The molecule has 0 aliphatic heterocycles. The number of hydrogen-bond donors (Lipinski definition) is 0. The first-order valence-corrected chi connectivity index (χ1v) is 10.8. The zero-order valence-corrected chi connectivity index (χ0v) is 17.8. The van der Waals surface area contributed by atoms with Gasteiger partial charge < -0.3 is 13.9 Å². The maximum atomic E-state index is 5.86. The molecule has 7 heteroatoms. The van der Waals surface area contributed by atoms with Crippen molar-refractivity contribution in [3.8, 4) is 28.6 Å². The minimum Gasteiger partial charge on any atom is -0.494 e. The van der Waals surface area contributed by atoms with Crippen molar-refractivity contribution in [2.24, 2.45) is 0 Å². The van der Waals surface area contributed by atoms with Crippen LogP contribution in [0.2, 0.25) is 0 Å². The Hall–Kier alpha value is -3.19. The van der Waals surface area contributed by atoms with Crippen LogP contribution in [0.1, 0.15) is 12.7 Å². The molecule has 4 rings (SSSR count). The lowest BCUT2D eigenvalue weighted by Gasteiger charge is -2.10. The average molecular weight is 422 g/mol. The van der Waals surface area contributed by atoms with Gasteiger partial charge in [-0.3, -0.25) is 4.57 Å². The second-order valence-electron chi connectivity index (χ2n) is 6.47. The lowest BCUT2D eigenvalue weighted by atomic mass is 10.2. The van der Waals surface area contributed by atoms with Crippen molar-refractivity contribution in [3.63, 3.8) is 0 Å². The number of furan rings is 1. The van der Waals surface area contributed by atoms with Gasteiger partial charge in [-0.25, -0.2) is 0 Å². The molecular weight excluding hydrogens is 398 g/mol. The molecule has 154 valence electrons. The van der Waals surface area contributed by atoms with Gasteiger partial charge in [0, 0.05) is 11.4 Å². The van der Waals surface area contributed by atoms with Gasteiger partial charge in [-0.05, 0) is 56.3 Å². The molecule has 6 nitrogen and oxygen atoms in total. The number of thioether (sulfide) groups is 1. The molecule has 0 saturated carbocycles. The first kappa shape index (κ1) is 20.1. The Balaban J connectivity index is 1.46. The molecule has 0 spiro atoms. The third-order valence-corrected chi connectivity index (χ3v) is 5.36. The van der Waals surface area contributed by atoms with Crippen LogP contribution >= 0.6 is 11.8 Å². The van der Waals surface area contributed by atoms with Crippen molar-refractivity contribution in [3.05, 3.63) is 72.7 Å². The predicted octanol–water partition coefficient (Wildman–Crippen LogP) is 5.41. The molecule has 0 unspecified atom stereocenters. The molecule has 0 atom stereocenters. The number of hydrogen-bond acceptors (Lipinski definition) is 6. The Morgan fingerprint density at radius 2 is 1.67 bits per heavy atom. The van der Waals surface area contributed by atoms with Gasteiger partial charge >= 0.3 is 0 Å². The predicted molar refractivity (Wildman–Crippen MR) is 118 cm³/mol. The van der Waals surface area contributed by atoms with Gasteiger partial charge in [0.1, 0.15) is 17.3 Å². The third kappa shape index (κ3) is 4.52. The number of aromatic nitrogens is 3. The number of para-hydroxylation sites is 1.